The number of unbranched alkanes of at least 4 members (excludes halogenated alkanes) is 3. The molecule has 1 unspecified atom stereocenters. The van der Waals surface area contributed by atoms with Crippen molar-refractivity contribution in [2.45, 2.75) is 38.6 Å². The smallest absolute Gasteiger partial charge is 0.193 e. The second-order valence-corrected chi connectivity index (χ2v) is 7.10. The molecule has 1 aromatic rings. The Morgan fingerprint density at radius 1 is 1.33 bits per heavy atom. The molecule has 1 aliphatic rings. The highest BCUT2D eigenvalue weighted by Crippen LogP contribution is 2.23. The maximum Gasteiger partial charge on any atom is 0.193 e. The van der Waals surface area contributed by atoms with Gasteiger partial charge in [0.1, 0.15) is 11.5 Å². The standard InChI is InChI=1S/C21H36N4O2/c1-5-6-7-8-9-12-24(4)21(22-3)23-17-19(20-11-10-18(2)27-20)25-13-15-26-16-14-25/h5,10-11,19H,1,6-9,12-17H2,2-4H3,(H,22,23). The minimum absolute atomic E-state index is 0.181. The fourth-order valence-corrected chi connectivity index (χ4v) is 3.42. The van der Waals surface area contributed by atoms with Crippen LogP contribution >= 0.6 is 0 Å². The van der Waals surface area contributed by atoms with Crippen molar-refractivity contribution in [3.8, 4) is 0 Å². The molecular formula is C21H36N4O2. The number of morpholine rings is 1. The zero-order valence-electron chi connectivity index (χ0n) is 17.2. The summed E-state index contributed by atoms with van der Waals surface area (Å²) >= 11 is 0. The zero-order chi connectivity index (χ0) is 19.5. The molecule has 1 aromatic heterocycles. The molecule has 0 bridgehead atoms. The highest BCUT2D eigenvalue weighted by molar-refractivity contribution is 5.79. The van der Waals surface area contributed by atoms with Gasteiger partial charge in [-0.15, -0.1) is 6.58 Å². The number of furan rings is 1. The van der Waals surface area contributed by atoms with Crippen molar-refractivity contribution in [2.75, 3.05) is 53.5 Å². The molecule has 6 heteroatoms. The summed E-state index contributed by atoms with van der Waals surface area (Å²) in [4.78, 5) is 9.09. The summed E-state index contributed by atoms with van der Waals surface area (Å²) in [5.74, 6) is 2.88. The van der Waals surface area contributed by atoms with Gasteiger partial charge in [0.2, 0.25) is 0 Å². The fourth-order valence-electron chi connectivity index (χ4n) is 3.42. The monoisotopic (exact) mass is 376 g/mol. The van der Waals surface area contributed by atoms with Gasteiger partial charge in [-0.25, -0.2) is 0 Å². The number of guanidine groups is 1. The minimum Gasteiger partial charge on any atom is -0.465 e. The molecule has 152 valence electrons. The van der Waals surface area contributed by atoms with E-state index in [9.17, 15) is 0 Å². The molecule has 27 heavy (non-hydrogen) atoms. The molecule has 2 rings (SSSR count). The number of hydrogen-bond acceptors (Lipinski definition) is 4. The molecule has 0 aliphatic carbocycles. The summed E-state index contributed by atoms with van der Waals surface area (Å²) in [6.07, 6.45) is 6.68. The molecule has 0 saturated carbocycles. The van der Waals surface area contributed by atoms with E-state index in [4.69, 9.17) is 9.15 Å². The first-order chi connectivity index (χ1) is 13.2. The van der Waals surface area contributed by atoms with E-state index < -0.39 is 0 Å². The summed E-state index contributed by atoms with van der Waals surface area (Å²) in [5.41, 5.74) is 0. The van der Waals surface area contributed by atoms with Crippen molar-refractivity contribution < 1.29 is 9.15 Å². The molecule has 1 saturated heterocycles. The van der Waals surface area contributed by atoms with Crippen LogP contribution in [0.3, 0.4) is 0 Å². The second kappa shape index (κ2) is 11.8. The quantitative estimate of drug-likeness (QED) is 0.294. The maximum absolute atomic E-state index is 5.94. The summed E-state index contributed by atoms with van der Waals surface area (Å²) in [6, 6.07) is 4.30. The molecular weight excluding hydrogens is 340 g/mol. The van der Waals surface area contributed by atoms with Crippen LogP contribution in [0.15, 0.2) is 34.2 Å². The Balaban J connectivity index is 1.90. The van der Waals surface area contributed by atoms with Crippen LogP contribution < -0.4 is 5.32 Å². The number of hydrogen-bond donors (Lipinski definition) is 1. The minimum atomic E-state index is 0.181. The third-order valence-corrected chi connectivity index (χ3v) is 5.00. The predicted molar refractivity (Wildman–Crippen MR) is 111 cm³/mol. The lowest BCUT2D eigenvalue weighted by Gasteiger charge is -2.34. The van der Waals surface area contributed by atoms with E-state index in [-0.39, 0.29) is 6.04 Å². The number of aliphatic imine (C=N–C) groups is 1. The van der Waals surface area contributed by atoms with E-state index in [1.165, 1.54) is 12.8 Å². The van der Waals surface area contributed by atoms with E-state index in [1.807, 2.05) is 26.1 Å². The van der Waals surface area contributed by atoms with E-state index in [0.717, 1.165) is 69.7 Å². The van der Waals surface area contributed by atoms with Crippen LogP contribution in [0.5, 0.6) is 0 Å². The van der Waals surface area contributed by atoms with E-state index in [1.54, 1.807) is 0 Å². The lowest BCUT2D eigenvalue weighted by Crippen LogP contribution is -2.46. The van der Waals surface area contributed by atoms with Gasteiger partial charge in [-0.1, -0.05) is 12.5 Å². The molecule has 1 fully saturated rings. The van der Waals surface area contributed by atoms with Gasteiger partial charge in [-0.3, -0.25) is 9.89 Å². The Bertz CT molecular complexity index is 578. The summed E-state index contributed by atoms with van der Waals surface area (Å²) in [5, 5.41) is 3.54. The number of allylic oxidation sites excluding steroid dienone is 1. The van der Waals surface area contributed by atoms with Gasteiger partial charge >= 0.3 is 0 Å². The van der Waals surface area contributed by atoms with Crippen molar-refractivity contribution in [1.82, 2.24) is 15.1 Å². The average Bonchev–Trinajstić information content (AvgIpc) is 3.11. The summed E-state index contributed by atoms with van der Waals surface area (Å²) < 4.78 is 11.5. The van der Waals surface area contributed by atoms with Crippen LogP contribution in [0.1, 0.15) is 43.2 Å². The van der Waals surface area contributed by atoms with Gasteiger partial charge in [0.05, 0.1) is 19.3 Å². The fraction of sp³-hybridized carbons (Fsp3) is 0.667. The Labute approximate surface area is 164 Å². The number of nitrogens with zero attached hydrogens (tertiary/aromatic N) is 3. The lowest BCUT2D eigenvalue weighted by molar-refractivity contribution is 0.0123. The Morgan fingerprint density at radius 2 is 2.11 bits per heavy atom. The Hall–Kier alpha value is -1.79. The number of nitrogens with one attached hydrogen (secondary N) is 1. The predicted octanol–water partition coefficient (Wildman–Crippen LogP) is 3.21. The van der Waals surface area contributed by atoms with Crippen LogP contribution in [0, 0.1) is 6.92 Å². The third kappa shape index (κ3) is 7.03. The van der Waals surface area contributed by atoms with Crippen molar-refractivity contribution in [3.63, 3.8) is 0 Å². The molecule has 1 N–H and O–H groups in total. The topological polar surface area (TPSA) is 53.2 Å². The molecule has 0 aromatic carbocycles. The second-order valence-electron chi connectivity index (χ2n) is 7.10. The van der Waals surface area contributed by atoms with Crippen molar-refractivity contribution in [2.24, 2.45) is 4.99 Å². The zero-order valence-corrected chi connectivity index (χ0v) is 17.2. The van der Waals surface area contributed by atoms with Gasteiger partial charge in [0.15, 0.2) is 5.96 Å². The SMILES string of the molecule is C=CCCCCCN(C)C(=NC)NCC(c1ccc(C)o1)N1CCOCC1. The summed E-state index contributed by atoms with van der Waals surface area (Å²) in [6.45, 7) is 10.9. The molecule has 6 nitrogen and oxygen atoms in total. The average molecular weight is 377 g/mol. The number of aryl methyl sites for hydroxylation is 1. The molecule has 0 spiro atoms. The van der Waals surface area contributed by atoms with Gasteiger partial charge < -0.3 is 19.4 Å². The van der Waals surface area contributed by atoms with Crippen molar-refractivity contribution >= 4 is 5.96 Å². The molecule has 1 aliphatic heterocycles. The van der Waals surface area contributed by atoms with Gasteiger partial charge in [0, 0.05) is 40.3 Å². The van der Waals surface area contributed by atoms with Gasteiger partial charge in [-0.05, 0) is 38.3 Å². The van der Waals surface area contributed by atoms with Crippen LogP contribution in [-0.2, 0) is 4.74 Å². The number of rotatable bonds is 10. The van der Waals surface area contributed by atoms with Crippen LogP contribution in [0.4, 0.5) is 0 Å². The largest absolute Gasteiger partial charge is 0.465 e. The van der Waals surface area contributed by atoms with Crippen molar-refractivity contribution in [3.05, 3.63) is 36.3 Å². The van der Waals surface area contributed by atoms with E-state index in [2.05, 4.69) is 39.8 Å². The van der Waals surface area contributed by atoms with E-state index in [0.29, 0.717) is 0 Å². The Morgan fingerprint density at radius 3 is 2.74 bits per heavy atom. The van der Waals surface area contributed by atoms with Gasteiger partial charge in [-0.2, -0.15) is 0 Å². The van der Waals surface area contributed by atoms with Gasteiger partial charge in [0.25, 0.3) is 0 Å². The maximum atomic E-state index is 5.94. The van der Waals surface area contributed by atoms with E-state index >= 15 is 0 Å². The third-order valence-electron chi connectivity index (χ3n) is 5.00. The highest BCUT2D eigenvalue weighted by atomic mass is 16.5. The highest BCUT2D eigenvalue weighted by Gasteiger charge is 2.25. The van der Waals surface area contributed by atoms with Crippen LogP contribution in [-0.4, -0.2) is 69.2 Å². The van der Waals surface area contributed by atoms with Crippen molar-refractivity contribution in [1.29, 1.82) is 0 Å². The first kappa shape index (κ1) is 21.5. The van der Waals surface area contributed by atoms with Crippen LogP contribution in [0.2, 0.25) is 0 Å². The molecule has 1 atom stereocenters. The number of ether oxygens (including phenoxy) is 1. The molecule has 0 amide bonds. The van der Waals surface area contributed by atoms with Crippen LogP contribution in [0.25, 0.3) is 0 Å². The lowest BCUT2D eigenvalue weighted by atomic mass is 10.1. The normalized spacial score (nSPS) is 16.9. The molecule has 2 heterocycles. The Kier molecular flexibility index (Phi) is 9.42. The first-order valence-electron chi connectivity index (χ1n) is 10.1. The first-order valence-corrected chi connectivity index (χ1v) is 10.1. The molecule has 0 radical (unpaired) electrons. The summed E-state index contributed by atoms with van der Waals surface area (Å²) in [7, 11) is 3.95.